The van der Waals surface area contributed by atoms with Crippen LogP contribution in [0, 0.1) is 0 Å². The molecule has 0 spiro atoms. The highest BCUT2D eigenvalue weighted by Gasteiger charge is 2.31. The third kappa shape index (κ3) is 4.03. The van der Waals surface area contributed by atoms with Gasteiger partial charge < -0.3 is 9.64 Å². The van der Waals surface area contributed by atoms with Crippen LogP contribution in [0.1, 0.15) is 0 Å². The number of carbonyl (C=O) groups excluding carboxylic acids is 1. The van der Waals surface area contributed by atoms with Crippen LogP contribution >= 0.6 is 15.9 Å². The Morgan fingerprint density at radius 2 is 1.86 bits per heavy atom. The number of carbonyl (C=O) groups is 1. The fourth-order valence-electron chi connectivity index (χ4n) is 2.25. The zero-order valence-corrected chi connectivity index (χ0v) is 14.1. The summed E-state index contributed by atoms with van der Waals surface area (Å²) < 4.78 is 31.9. The Bertz CT molecular complexity index is 595. The van der Waals surface area contributed by atoms with Gasteiger partial charge in [-0.25, -0.2) is 13.2 Å². The maximum Gasteiger partial charge on any atom is 0.361 e. The van der Waals surface area contributed by atoms with Crippen molar-refractivity contribution in [2.45, 2.75) is 4.90 Å². The highest BCUT2D eigenvalue weighted by atomic mass is 79.9. The zero-order chi connectivity index (χ0) is 15.5. The monoisotopic (exact) mass is 377 g/mol. The molecule has 2 rings (SSSR count). The van der Waals surface area contributed by atoms with Crippen molar-refractivity contribution in [3.8, 4) is 0 Å². The molecule has 6 nitrogen and oxygen atoms in total. The number of ether oxygens (including phenoxy) is 1. The van der Waals surface area contributed by atoms with E-state index in [1.54, 1.807) is 24.3 Å². The first-order valence-corrected chi connectivity index (χ1v) is 8.83. The second-order valence-corrected chi connectivity index (χ2v) is 7.71. The van der Waals surface area contributed by atoms with Crippen LogP contribution in [0.2, 0.25) is 0 Å². The molecule has 0 aliphatic carbocycles. The fourth-order valence-corrected chi connectivity index (χ4v) is 3.96. The van der Waals surface area contributed by atoms with Gasteiger partial charge in [0, 0.05) is 4.47 Å². The largest absolute Gasteiger partial charge is 0.465 e. The Morgan fingerprint density at radius 1 is 1.29 bits per heavy atom. The summed E-state index contributed by atoms with van der Waals surface area (Å²) in [4.78, 5) is 12.6. The van der Waals surface area contributed by atoms with Crippen molar-refractivity contribution in [1.29, 1.82) is 0 Å². The number of methoxy groups -OCH3 is 1. The van der Waals surface area contributed by atoms with Crippen molar-refractivity contribution in [3.63, 3.8) is 0 Å². The molecule has 1 heterocycles. The van der Waals surface area contributed by atoms with Crippen molar-refractivity contribution in [3.05, 3.63) is 28.7 Å². The van der Waals surface area contributed by atoms with Crippen LogP contribution in [0.3, 0.4) is 0 Å². The highest BCUT2D eigenvalue weighted by molar-refractivity contribution is 9.10. The fraction of sp³-hybridized carbons (Fsp3) is 0.462. The molecular formula is C13H18BrN2O4S+. The number of hydrogen-bond acceptors (Lipinski definition) is 4. The van der Waals surface area contributed by atoms with Crippen LogP contribution in [0.5, 0.6) is 0 Å². The third-order valence-corrected chi connectivity index (χ3v) is 5.94. The van der Waals surface area contributed by atoms with E-state index in [0.717, 1.165) is 9.37 Å². The number of piperazine rings is 1. The molecule has 1 saturated heterocycles. The highest BCUT2D eigenvalue weighted by Crippen LogP contribution is 2.18. The molecule has 0 radical (unpaired) electrons. The molecule has 0 saturated carbocycles. The van der Waals surface area contributed by atoms with E-state index in [4.69, 9.17) is 0 Å². The molecule has 0 atom stereocenters. The molecule has 21 heavy (non-hydrogen) atoms. The van der Waals surface area contributed by atoms with Crippen LogP contribution in [-0.4, -0.2) is 58.5 Å². The molecule has 0 unspecified atom stereocenters. The lowest BCUT2D eigenvalue weighted by Gasteiger charge is -2.30. The second-order valence-electron chi connectivity index (χ2n) is 4.86. The van der Waals surface area contributed by atoms with Gasteiger partial charge in [0.2, 0.25) is 10.0 Å². The molecule has 1 aromatic rings. The average molecular weight is 378 g/mol. The number of halogens is 1. The van der Waals surface area contributed by atoms with Crippen molar-refractivity contribution in [2.75, 3.05) is 39.8 Å². The summed E-state index contributed by atoms with van der Waals surface area (Å²) in [5, 5.41) is 0. The number of sulfonamides is 1. The van der Waals surface area contributed by atoms with E-state index in [1.165, 1.54) is 11.4 Å². The lowest BCUT2D eigenvalue weighted by Crippen LogP contribution is -3.15. The maximum absolute atomic E-state index is 12.5. The first kappa shape index (κ1) is 16.4. The molecule has 1 aromatic carbocycles. The summed E-state index contributed by atoms with van der Waals surface area (Å²) in [5.74, 6) is -0.269. The molecule has 0 amide bonds. The molecule has 1 fully saturated rings. The van der Waals surface area contributed by atoms with Crippen LogP contribution < -0.4 is 4.90 Å². The lowest BCUT2D eigenvalue weighted by molar-refractivity contribution is -0.896. The van der Waals surface area contributed by atoms with Gasteiger partial charge >= 0.3 is 5.97 Å². The number of nitrogens with zero attached hydrogens (tertiary/aromatic N) is 1. The Kier molecular flexibility index (Phi) is 5.37. The Balaban J connectivity index is 2.01. The topological polar surface area (TPSA) is 68.1 Å². The third-order valence-electron chi connectivity index (χ3n) is 3.50. The number of esters is 1. The lowest BCUT2D eigenvalue weighted by atomic mass is 10.3. The number of quaternary nitrogens is 1. The van der Waals surface area contributed by atoms with Crippen LogP contribution in [0.15, 0.2) is 33.6 Å². The minimum absolute atomic E-state index is 0.269. The van der Waals surface area contributed by atoms with E-state index in [9.17, 15) is 13.2 Å². The van der Waals surface area contributed by atoms with Crippen molar-refractivity contribution in [1.82, 2.24) is 4.31 Å². The van der Waals surface area contributed by atoms with Gasteiger partial charge in [0.05, 0.1) is 38.2 Å². The van der Waals surface area contributed by atoms with E-state index in [0.29, 0.717) is 31.1 Å². The average Bonchev–Trinajstić information content (AvgIpc) is 2.48. The number of hydrogen-bond donors (Lipinski definition) is 1. The number of nitrogens with one attached hydrogen (secondary N) is 1. The van der Waals surface area contributed by atoms with E-state index < -0.39 is 10.0 Å². The van der Waals surface area contributed by atoms with Gasteiger partial charge in [-0.05, 0) is 24.3 Å². The van der Waals surface area contributed by atoms with E-state index >= 15 is 0 Å². The van der Waals surface area contributed by atoms with Crippen LogP contribution in [0.4, 0.5) is 0 Å². The molecule has 1 N–H and O–H groups in total. The predicted octanol–water partition coefficient (Wildman–Crippen LogP) is -0.489. The summed E-state index contributed by atoms with van der Waals surface area (Å²) in [7, 11) is -2.10. The summed E-state index contributed by atoms with van der Waals surface area (Å²) >= 11 is 3.29. The van der Waals surface area contributed by atoms with Crippen molar-refractivity contribution >= 4 is 31.9 Å². The summed E-state index contributed by atoms with van der Waals surface area (Å²) in [6.45, 7) is 2.30. The molecule has 8 heteroatoms. The van der Waals surface area contributed by atoms with Gasteiger partial charge in [-0.3, -0.25) is 0 Å². The molecule has 1 aliphatic heterocycles. The van der Waals surface area contributed by atoms with Gasteiger partial charge in [-0.15, -0.1) is 0 Å². The van der Waals surface area contributed by atoms with Gasteiger partial charge in [0.15, 0.2) is 6.54 Å². The first-order chi connectivity index (χ1) is 9.93. The molecule has 0 bridgehead atoms. The van der Waals surface area contributed by atoms with Crippen molar-refractivity contribution < 1.29 is 22.8 Å². The smallest absolute Gasteiger partial charge is 0.361 e. The minimum atomic E-state index is -3.45. The molecule has 1 aliphatic rings. The SMILES string of the molecule is COC(=O)C[NH+]1CCN(S(=O)(=O)c2ccc(Br)cc2)CC1. The van der Waals surface area contributed by atoms with E-state index in [2.05, 4.69) is 20.7 Å². The Morgan fingerprint density at radius 3 is 2.38 bits per heavy atom. The van der Waals surface area contributed by atoms with Crippen LogP contribution in [0.25, 0.3) is 0 Å². The maximum atomic E-state index is 12.5. The number of rotatable bonds is 4. The Labute approximate surface area is 132 Å². The van der Waals surface area contributed by atoms with Gasteiger partial charge in [-0.1, -0.05) is 15.9 Å². The molecule has 116 valence electrons. The van der Waals surface area contributed by atoms with Gasteiger partial charge in [0.25, 0.3) is 0 Å². The second kappa shape index (κ2) is 6.87. The zero-order valence-electron chi connectivity index (χ0n) is 11.7. The standard InChI is InChI=1S/C13H17BrN2O4S/c1-20-13(17)10-15-6-8-16(9-7-15)21(18,19)12-4-2-11(14)3-5-12/h2-5H,6-10H2,1H3/p+1. The molecule has 0 aromatic heterocycles. The van der Waals surface area contributed by atoms with E-state index in [1.807, 2.05) is 0 Å². The normalized spacial score (nSPS) is 17.6. The quantitative estimate of drug-likeness (QED) is 0.719. The summed E-state index contributed by atoms with van der Waals surface area (Å²) in [6.07, 6.45) is 0. The van der Waals surface area contributed by atoms with E-state index in [-0.39, 0.29) is 12.5 Å². The van der Waals surface area contributed by atoms with Gasteiger partial charge in [0.1, 0.15) is 0 Å². The number of benzene rings is 1. The van der Waals surface area contributed by atoms with Gasteiger partial charge in [-0.2, -0.15) is 4.31 Å². The van der Waals surface area contributed by atoms with Crippen LogP contribution in [-0.2, 0) is 19.6 Å². The first-order valence-electron chi connectivity index (χ1n) is 6.59. The summed E-state index contributed by atoms with van der Waals surface area (Å²) in [5.41, 5.74) is 0. The summed E-state index contributed by atoms with van der Waals surface area (Å²) in [6, 6.07) is 6.61. The Hall–Kier alpha value is -0.960. The minimum Gasteiger partial charge on any atom is -0.465 e. The van der Waals surface area contributed by atoms with Crippen molar-refractivity contribution in [2.24, 2.45) is 0 Å². The predicted molar refractivity (Wildman–Crippen MR) is 80.5 cm³/mol. The molecular weight excluding hydrogens is 360 g/mol.